The Kier molecular flexibility index (Phi) is 5.27. The molecule has 1 unspecified atom stereocenters. The third kappa shape index (κ3) is 4.33. The molecule has 29 heavy (non-hydrogen) atoms. The summed E-state index contributed by atoms with van der Waals surface area (Å²) in [6.07, 6.45) is -9.79. The zero-order chi connectivity index (χ0) is 21.6. The second-order valence-corrected chi connectivity index (χ2v) is 7.02. The molecule has 0 radical (unpaired) electrons. The van der Waals surface area contributed by atoms with Gasteiger partial charge in [0.25, 0.3) is 0 Å². The van der Waals surface area contributed by atoms with Gasteiger partial charge in [-0.05, 0) is 42.8 Å². The molecule has 156 valence electrons. The highest BCUT2D eigenvalue weighted by Crippen LogP contribution is 2.39. The van der Waals surface area contributed by atoms with Crippen molar-refractivity contribution in [1.82, 2.24) is 0 Å². The first-order valence-corrected chi connectivity index (χ1v) is 8.80. The summed E-state index contributed by atoms with van der Waals surface area (Å²) in [6, 6.07) is 8.11. The van der Waals surface area contributed by atoms with Crippen LogP contribution in [0.15, 0.2) is 42.5 Å². The predicted octanol–water partition coefficient (Wildman–Crippen LogP) is 5.49. The van der Waals surface area contributed by atoms with Crippen molar-refractivity contribution in [1.29, 1.82) is 0 Å². The normalized spacial score (nSPS) is 17.3. The maximum atomic E-state index is 13.1. The molecule has 3 nitrogen and oxygen atoms in total. The van der Waals surface area contributed by atoms with Crippen LogP contribution in [0.3, 0.4) is 0 Å². The monoisotopic (exact) mass is 416 g/mol. The second kappa shape index (κ2) is 7.27. The van der Waals surface area contributed by atoms with Crippen LogP contribution < -0.4 is 9.80 Å². The first-order valence-electron chi connectivity index (χ1n) is 8.80. The van der Waals surface area contributed by atoms with Crippen molar-refractivity contribution in [2.75, 3.05) is 16.3 Å². The zero-order valence-corrected chi connectivity index (χ0v) is 15.6. The highest BCUT2D eigenvalue weighted by Gasteiger charge is 2.37. The number of nitrogens with zero attached hydrogens (tertiary/aromatic N) is 2. The summed E-state index contributed by atoms with van der Waals surface area (Å²) < 4.78 is 78.8. The molecule has 1 aliphatic heterocycles. The fraction of sp³-hybridized carbons (Fsp3) is 0.350. The Morgan fingerprint density at radius 1 is 0.966 bits per heavy atom. The Morgan fingerprint density at radius 3 is 1.97 bits per heavy atom. The van der Waals surface area contributed by atoms with Crippen molar-refractivity contribution in [2.45, 2.75) is 38.8 Å². The predicted molar refractivity (Wildman–Crippen MR) is 96.6 cm³/mol. The Morgan fingerprint density at radius 2 is 1.48 bits per heavy atom. The van der Waals surface area contributed by atoms with Crippen molar-refractivity contribution in [3.8, 4) is 0 Å². The quantitative estimate of drug-likeness (QED) is 0.605. The highest BCUT2D eigenvalue weighted by molar-refractivity contribution is 5.97. The van der Waals surface area contributed by atoms with Gasteiger partial charge in [-0.3, -0.25) is 4.79 Å². The van der Waals surface area contributed by atoms with E-state index in [4.69, 9.17) is 0 Å². The molecule has 0 saturated carbocycles. The first kappa shape index (κ1) is 21.0. The molecule has 2 aromatic rings. The van der Waals surface area contributed by atoms with Crippen LogP contribution >= 0.6 is 0 Å². The number of hydrogen-bond donors (Lipinski definition) is 0. The van der Waals surface area contributed by atoms with Gasteiger partial charge in [-0.2, -0.15) is 26.3 Å². The minimum atomic E-state index is -4.89. The van der Waals surface area contributed by atoms with Crippen LogP contribution in [-0.2, 0) is 23.7 Å². The first-order chi connectivity index (χ1) is 13.4. The molecule has 3 rings (SSSR count). The van der Waals surface area contributed by atoms with E-state index in [0.717, 1.165) is 12.1 Å². The van der Waals surface area contributed by atoms with Crippen LogP contribution in [0.25, 0.3) is 0 Å². The lowest BCUT2D eigenvalue weighted by atomic mass is 10.0. The molecule has 1 amide bonds. The van der Waals surface area contributed by atoms with Gasteiger partial charge < -0.3 is 9.80 Å². The molecular formula is C20H18F6N2O. The van der Waals surface area contributed by atoms with E-state index >= 15 is 0 Å². The van der Waals surface area contributed by atoms with E-state index in [9.17, 15) is 31.1 Å². The molecule has 0 bridgehead atoms. The van der Waals surface area contributed by atoms with Crippen LogP contribution in [-0.4, -0.2) is 18.5 Å². The summed E-state index contributed by atoms with van der Waals surface area (Å²) >= 11 is 0. The molecule has 0 aliphatic carbocycles. The van der Waals surface area contributed by atoms with E-state index in [1.807, 2.05) is 0 Å². The minimum Gasteiger partial charge on any atom is -0.363 e. The average Bonchev–Trinajstić information content (AvgIpc) is 2.59. The minimum absolute atomic E-state index is 0.106. The molecule has 2 aromatic carbocycles. The van der Waals surface area contributed by atoms with Crippen molar-refractivity contribution < 1.29 is 31.1 Å². The molecule has 0 aromatic heterocycles. The third-order valence-electron chi connectivity index (χ3n) is 4.77. The number of hydrogen-bond acceptors (Lipinski definition) is 2. The average molecular weight is 416 g/mol. The Balaban J connectivity index is 2.03. The van der Waals surface area contributed by atoms with Crippen molar-refractivity contribution in [3.05, 3.63) is 59.2 Å². The van der Waals surface area contributed by atoms with E-state index in [0.29, 0.717) is 11.4 Å². The number of benzene rings is 2. The van der Waals surface area contributed by atoms with E-state index < -0.39 is 23.5 Å². The van der Waals surface area contributed by atoms with Gasteiger partial charge in [-0.25, -0.2) is 0 Å². The highest BCUT2D eigenvalue weighted by atomic mass is 19.4. The Hall–Kier alpha value is -2.71. The lowest BCUT2D eigenvalue weighted by Crippen LogP contribution is -2.49. The molecule has 0 N–H and O–H groups in total. The zero-order valence-electron chi connectivity index (χ0n) is 15.6. The molecule has 1 atom stereocenters. The van der Waals surface area contributed by atoms with Crippen molar-refractivity contribution in [3.63, 3.8) is 0 Å². The summed E-state index contributed by atoms with van der Waals surface area (Å²) in [5, 5.41) is 0. The molecule has 0 saturated heterocycles. The summed E-state index contributed by atoms with van der Waals surface area (Å²) in [5.74, 6) is -0.192. The molecule has 9 heteroatoms. The van der Waals surface area contributed by atoms with Crippen molar-refractivity contribution >= 4 is 17.3 Å². The Labute approximate surface area is 163 Å². The van der Waals surface area contributed by atoms with Gasteiger partial charge in [-0.1, -0.05) is 12.1 Å². The third-order valence-corrected chi connectivity index (χ3v) is 4.77. The van der Waals surface area contributed by atoms with Gasteiger partial charge in [0.2, 0.25) is 5.91 Å². The van der Waals surface area contributed by atoms with Crippen molar-refractivity contribution in [2.24, 2.45) is 0 Å². The Bertz CT molecular complexity index is 890. The maximum Gasteiger partial charge on any atom is 0.416 e. The number of carbonyl (C=O) groups excluding carboxylic acids is 1. The fourth-order valence-electron chi connectivity index (χ4n) is 3.63. The van der Waals surface area contributed by atoms with Gasteiger partial charge >= 0.3 is 12.4 Å². The number of rotatable bonds is 2. The van der Waals surface area contributed by atoms with Gasteiger partial charge in [0.1, 0.15) is 0 Å². The summed E-state index contributed by atoms with van der Waals surface area (Å²) in [6.45, 7) is 3.30. The van der Waals surface area contributed by atoms with Gasteiger partial charge in [-0.15, -0.1) is 0 Å². The van der Waals surface area contributed by atoms with E-state index in [-0.39, 0.29) is 36.7 Å². The molecule has 1 heterocycles. The van der Waals surface area contributed by atoms with Gasteiger partial charge in [0.15, 0.2) is 0 Å². The summed E-state index contributed by atoms with van der Waals surface area (Å²) in [7, 11) is 0. The summed E-state index contributed by atoms with van der Waals surface area (Å²) in [5.41, 5.74) is -1.64. The van der Waals surface area contributed by atoms with Gasteiger partial charge in [0.05, 0.1) is 28.5 Å². The number of fused-ring (bicyclic) bond motifs is 1. The van der Waals surface area contributed by atoms with Crippen LogP contribution in [0.1, 0.15) is 30.5 Å². The molecular weight excluding hydrogens is 398 g/mol. The number of carbonyl (C=O) groups is 1. The van der Waals surface area contributed by atoms with Crippen LogP contribution in [0.4, 0.5) is 37.7 Å². The van der Waals surface area contributed by atoms with Gasteiger partial charge in [0, 0.05) is 20.0 Å². The van der Waals surface area contributed by atoms with E-state index in [1.54, 1.807) is 41.0 Å². The topological polar surface area (TPSA) is 23.6 Å². The van der Waals surface area contributed by atoms with E-state index in [2.05, 4.69) is 0 Å². The SMILES string of the molecule is CC(=O)N1c2ccccc2N(Cc2cc(C(F)(F)F)cc(C(F)(F)F)c2)CC1C. The lowest BCUT2D eigenvalue weighted by Gasteiger charge is -2.42. The lowest BCUT2D eigenvalue weighted by molar-refractivity contribution is -0.143. The van der Waals surface area contributed by atoms with Crippen LogP contribution in [0, 0.1) is 0 Å². The number of alkyl halides is 6. The fourth-order valence-corrected chi connectivity index (χ4v) is 3.63. The van der Waals surface area contributed by atoms with E-state index in [1.165, 1.54) is 6.92 Å². The smallest absolute Gasteiger partial charge is 0.363 e. The number of halogens is 6. The summed E-state index contributed by atoms with van der Waals surface area (Å²) in [4.78, 5) is 15.3. The number of amides is 1. The molecule has 1 aliphatic rings. The second-order valence-electron chi connectivity index (χ2n) is 7.02. The van der Waals surface area contributed by atoms with Crippen LogP contribution in [0.5, 0.6) is 0 Å². The maximum absolute atomic E-state index is 13.1. The largest absolute Gasteiger partial charge is 0.416 e. The molecule has 0 fully saturated rings. The standard InChI is InChI=1S/C20H18F6N2O/c1-12-10-27(17-5-3-4-6-18(17)28(12)13(2)29)11-14-7-15(19(21,22)23)9-16(8-14)20(24,25)26/h3-9,12H,10-11H2,1-2H3. The molecule has 0 spiro atoms. The number of para-hydroxylation sites is 2. The number of anilines is 2. The van der Waals surface area contributed by atoms with Crippen LogP contribution in [0.2, 0.25) is 0 Å².